The molecule has 0 aliphatic heterocycles. The maximum atomic E-state index is 6.14. The fourth-order valence-corrected chi connectivity index (χ4v) is 3.20. The van der Waals surface area contributed by atoms with Gasteiger partial charge in [-0.2, -0.15) is 0 Å². The van der Waals surface area contributed by atoms with Crippen LogP contribution in [0.3, 0.4) is 0 Å². The van der Waals surface area contributed by atoms with Crippen LogP contribution >= 0.6 is 38.9 Å². The molecule has 1 nitrogen and oxygen atoms in total. The normalized spacial score (nSPS) is 12.7. The van der Waals surface area contributed by atoms with Gasteiger partial charge in [-0.3, -0.25) is 0 Å². The standard InChI is InChI=1S/C12H11BrClNS/c13-9-6-12(16-7-9)11(15)5-8-2-1-3-10(14)4-8/h1-4,6-7,11H,5,15H2. The molecule has 1 aromatic carbocycles. The van der Waals surface area contributed by atoms with Crippen LogP contribution in [0, 0.1) is 0 Å². The molecule has 2 rings (SSSR count). The second kappa shape index (κ2) is 5.32. The molecule has 0 spiro atoms. The van der Waals surface area contributed by atoms with Crippen LogP contribution in [0.2, 0.25) is 5.02 Å². The number of rotatable bonds is 3. The van der Waals surface area contributed by atoms with E-state index in [-0.39, 0.29) is 6.04 Å². The van der Waals surface area contributed by atoms with Crippen LogP contribution in [0.1, 0.15) is 16.5 Å². The van der Waals surface area contributed by atoms with E-state index >= 15 is 0 Å². The second-order valence-corrected chi connectivity index (χ2v) is 5.90. The van der Waals surface area contributed by atoms with Crippen molar-refractivity contribution < 1.29 is 0 Å². The van der Waals surface area contributed by atoms with Crippen molar-refractivity contribution >= 4 is 38.9 Å². The van der Waals surface area contributed by atoms with E-state index in [0.29, 0.717) is 0 Å². The Hall–Kier alpha value is -0.350. The van der Waals surface area contributed by atoms with E-state index in [4.69, 9.17) is 17.3 Å². The SMILES string of the molecule is NC(Cc1cccc(Cl)c1)c1cc(Br)cs1. The zero-order chi connectivity index (χ0) is 11.5. The summed E-state index contributed by atoms with van der Waals surface area (Å²) in [4.78, 5) is 1.19. The summed E-state index contributed by atoms with van der Waals surface area (Å²) in [5.74, 6) is 0. The predicted octanol–water partition coefficient (Wildman–Crippen LogP) is 4.41. The molecule has 1 unspecified atom stereocenters. The van der Waals surface area contributed by atoms with Gasteiger partial charge in [0.2, 0.25) is 0 Å². The van der Waals surface area contributed by atoms with E-state index in [0.717, 1.165) is 15.9 Å². The Morgan fingerprint density at radius 2 is 2.19 bits per heavy atom. The largest absolute Gasteiger partial charge is 0.323 e. The van der Waals surface area contributed by atoms with Crippen molar-refractivity contribution in [1.29, 1.82) is 0 Å². The van der Waals surface area contributed by atoms with Crippen molar-refractivity contribution in [2.24, 2.45) is 5.73 Å². The first-order valence-electron chi connectivity index (χ1n) is 4.89. The zero-order valence-corrected chi connectivity index (χ0v) is 11.6. The predicted molar refractivity (Wildman–Crippen MR) is 74.1 cm³/mol. The molecule has 1 heterocycles. The summed E-state index contributed by atoms with van der Waals surface area (Å²) in [5, 5.41) is 2.81. The van der Waals surface area contributed by atoms with E-state index in [1.165, 1.54) is 10.4 Å². The summed E-state index contributed by atoms with van der Waals surface area (Å²) in [6.45, 7) is 0. The number of hydrogen-bond donors (Lipinski definition) is 1. The van der Waals surface area contributed by atoms with Gasteiger partial charge in [0.25, 0.3) is 0 Å². The Labute approximate surface area is 112 Å². The number of halogens is 2. The van der Waals surface area contributed by atoms with E-state index in [1.807, 2.05) is 29.6 Å². The van der Waals surface area contributed by atoms with Crippen molar-refractivity contribution in [2.45, 2.75) is 12.5 Å². The lowest BCUT2D eigenvalue weighted by Gasteiger charge is -2.09. The highest BCUT2D eigenvalue weighted by Gasteiger charge is 2.09. The molecule has 0 saturated carbocycles. The summed E-state index contributed by atoms with van der Waals surface area (Å²) >= 11 is 11.0. The van der Waals surface area contributed by atoms with Gasteiger partial charge in [-0.15, -0.1) is 11.3 Å². The summed E-state index contributed by atoms with van der Waals surface area (Å²) in [6.07, 6.45) is 0.813. The Morgan fingerprint density at radius 3 is 2.81 bits per heavy atom. The highest BCUT2D eigenvalue weighted by Crippen LogP contribution is 2.26. The molecule has 4 heteroatoms. The molecule has 1 aromatic heterocycles. The minimum absolute atomic E-state index is 0.0368. The third kappa shape index (κ3) is 3.08. The lowest BCUT2D eigenvalue weighted by molar-refractivity contribution is 0.736. The average Bonchev–Trinajstić information content (AvgIpc) is 2.65. The van der Waals surface area contributed by atoms with Crippen LogP contribution in [-0.4, -0.2) is 0 Å². The molecule has 0 bridgehead atoms. The van der Waals surface area contributed by atoms with Gasteiger partial charge in [0.05, 0.1) is 0 Å². The molecule has 0 fully saturated rings. The monoisotopic (exact) mass is 315 g/mol. The summed E-state index contributed by atoms with van der Waals surface area (Å²) in [5.41, 5.74) is 7.31. The van der Waals surface area contributed by atoms with Gasteiger partial charge in [-0.05, 0) is 46.1 Å². The maximum absolute atomic E-state index is 6.14. The van der Waals surface area contributed by atoms with Crippen molar-refractivity contribution in [3.63, 3.8) is 0 Å². The number of nitrogens with two attached hydrogens (primary N) is 1. The van der Waals surface area contributed by atoms with Crippen LogP contribution in [0.25, 0.3) is 0 Å². The Kier molecular flexibility index (Phi) is 4.03. The van der Waals surface area contributed by atoms with E-state index < -0.39 is 0 Å². The minimum Gasteiger partial charge on any atom is -0.323 e. The Bertz CT molecular complexity index is 483. The molecule has 0 saturated heterocycles. The van der Waals surface area contributed by atoms with Gasteiger partial charge in [0.1, 0.15) is 0 Å². The van der Waals surface area contributed by atoms with E-state index in [1.54, 1.807) is 11.3 Å². The van der Waals surface area contributed by atoms with Gasteiger partial charge < -0.3 is 5.73 Å². The van der Waals surface area contributed by atoms with Crippen LogP contribution in [0.15, 0.2) is 40.2 Å². The molecule has 1 atom stereocenters. The van der Waals surface area contributed by atoms with Crippen molar-refractivity contribution in [1.82, 2.24) is 0 Å². The molecule has 2 aromatic rings. The molecular formula is C12H11BrClNS. The van der Waals surface area contributed by atoms with Crippen molar-refractivity contribution in [2.75, 3.05) is 0 Å². The second-order valence-electron chi connectivity index (χ2n) is 3.61. The molecular weight excluding hydrogens is 306 g/mol. The van der Waals surface area contributed by atoms with Gasteiger partial charge in [0, 0.05) is 25.8 Å². The third-order valence-electron chi connectivity index (χ3n) is 2.30. The van der Waals surface area contributed by atoms with Gasteiger partial charge in [-0.1, -0.05) is 23.7 Å². The lowest BCUT2D eigenvalue weighted by Crippen LogP contribution is -2.11. The highest BCUT2D eigenvalue weighted by atomic mass is 79.9. The molecule has 16 heavy (non-hydrogen) atoms. The van der Waals surface area contributed by atoms with Crippen LogP contribution < -0.4 is 5.73 Å². The van der Waals surface area contributed by atoms with Gasteiger partial charge in [0.15, 0.2) is 0 Å². The first kappa shape index (κ1) is 12.1. The molecule has 0 amide bonds. The summed E-state index contributed by atoms with van der Waals surface area (Å²) in [7, 11) is 0. The van der Waals surface area contributed by atoms with Crippen LogP contribution in [-0.2, 0) is 6.42 Å². The molecule has 2 N–H and O–H groups in total. The zero-order valence-electron chi connectivity index (χ0n) is 8.49. The van der Waals surface area contributed by atoms with Crippen molar-refractivity contribution in [3.8, 4) is 0 Å². The fourth-order valence-electron chi connectivity index (χ4n) is 1.54. The first-order valence-corrected chi connectivity index (χ1v) is 6.94. The summed E-state index contributed by atoms with van der Waals surface area (Å²) < 4.78 is 1.09. The topological polar surface area (TPSA) is 26.0 Å². The summed E-state index contributed by atoms with van der Waals surface area (Å²) in [6, 6.07) is 9.94. The quantitative estimate of drug-likeness (QED) is 0.892. The van der Waals surface area contributed by atoms with Gasteiger partial charge in [-0.25, -0.2) is 0 Å². The third-order valence-corrected chi connectivity index (χ3v) is 4.36. The first-order chi connectivity index (χ1) is 7.65. The average molecular weight is 317 g/mol. The highest BCUT2D eigenvalue weighted by molar-refractivity contribution is 9.10. The fraction of sp³-hybridized carbons (Fsp3) is 0.167. The van der Waals surface area contributed by atoms with Crippen LogP contribution in [0.4, 0.5) is 0 Å². The maximum Gasteiger partial charge on any atom is 0.0431 e. The number of benzene rings is 1. The Balaban J connectivity index is 2.10. The molecule has 0 aliphatic rings. The van der Waals surface area contributed by atoms with Gasteiger partial charge >= 0.3 is 0 Å². The van der Waals surface area contributed by atoms with Crippen molar-refractivity contribution in [3.05, 3.63) is 55.6 Å². The van der Waals surface area contributed by atoms with Crippen LogP contribution in [0.5, 0.6) is 0 Å². The molecule has 0 aliphatic carbocycles. The van der Waals surface area contributed by atoms with E-state index in [9.17, 15) is 0 Å². The lowest BCUT2D eigenvalue weighted by atomic mass is 10.1. The molecule has 0 radical (unpaired) electrons. The Morgan fingerprint density at radius 1 is 1.38 bits per heavy atom. The van der Waals surface area contributed by atoms with E-state index in [2.05, 4.69) is 22.0 Å². The number of thiophene rings is 1. The number of hydrogen-bond acceptors (Lipinski definition) is 2. The smallest absolute Gasteiger partial charge is 0.0431 e. The molecule has 84 valence electrons. The minimum atomic E-state index is 0.0368.